The van der Waals surface area contributed by atoms with Gasteiger partial charge in [0.05, 0.1) is 6.61 Å². The van der Waals surface area contributed by atoms with Crippen molar-refractivity contribution < 1.29 is 19.0 Å². The van der Waals surface area contributed by atoms with E-state index in [9.17, 15) is 14.3 Å². The number of aliphatic hydroxyl groups excluding tert-OH is 1. The predicted molar refractivity (Wildman–Crippen MR) is 63.3 cm³/mol. The summed E-state index contributed by atoms with van der Waals surface area (Å²) < 4.78 is 19.1. The van der Waals surface area contributed by atoms with Crippen LogP contribution < -0.4 is 0 Å². The van der Waals surface area contributed by atoms with E-state index in [0.29, 0.717) is 11.8 Å². The summed E-state index contributed by atoms with van der Waals surface area (Å²) in [5.41, 5.74) is -1.79. The molecule has 0 radical (unpaired) electrons. The van der Waals surface area contributed by atoms with Gasteiger partial charge in [-0.1, -0.05) is 13.8 Å². The lowest BCUT2D eigenvalue weighted by atomic mass is 9.73. The molecule has 1 fully saturated rings. The second kappa shape index (κ2) is 5.80. The zero-order chi connectivity index (χ0) is 13.1. The van der Waals surface area contributed by atoms with Crippen LogP contribution in [0, 0.1) is 11.8 Å². The Morgan fingerprint density at radius 1 is 1.47 bits per heavy atom. The van der Waals surface area contributed by atoms with Gasteiger partial charge in [0.25, 0.3) is 0 Å². The third-order valence-corrected chi connectivity index (χ3v) is 3.80. The third kappa shape index (κ3) is 3.41. The first kappa shape index (κ1) is 14.4. The maximum atomic E-state index is 14.4. The molecule has 4 heteroatoms. The molecule has 100 valence electrons. The smallest absolute Gasteiger partial charge is 0.338 e. The number of ether oxygens (including phenoxy) is 1. The number of carbonyl (C=O) groups is 1. The van der Waals surface area contributed by atoms with Crippen molar-refractivity contribution in [2.75, 3.05) is 6.61 Å². The van der Waals surface area contributed by atoms with Crippen LogP contribution >= 0.6 is 0 Å². The van der Waals surface area contributed by atoms with Gasteiger partial charge in [0.1, 0.15) is 5.67 Å². The molecule has 1 unspecified atom stereocenters. The number of alkyl halides is 1. The van der Waals surface area contributed by atoms with E-state index in [1.165, 1.54) is 0 Å². The molecule has 1 N–H and O–H groups in total. The topological polar surface area (TPSA) is 46.5 Å². The van der Waals surface area contributed by atoms with Crippen LogP contribution in [0.1, 0.15) is 46.5 Å². The van der Waals surface area contributed by atoms with E-state index in [1.807, 2.05) is 0 Å². The molecule has 0 bridgehead atoms. The number of carbonyl (C=O) groups excluding carboxylic acids is 1. The van der Waals surface area contributed by atoms with E-state index >= 15 is 0 Å². The zero-order valence-corrected chi connectivity index (χ0v) is 10.9. The summed E-state index contributed by atoms with van der Waals surface area (Å²) in [6, 6.07) is 0. The first-order valence-corrected chi connectivity index (χ1v) is 6.44. The van der Waals surface area contributed by atoms with Crippen LogP contribution in [0.4, 0.5) is 4.39 Å². The molecule has 1 saturated carbocycles. The minimum Gasteiger partial charge on any atom is -0.464 e. The van der Waals surface area contributed by atoms with Gasteiger partial charge in [0, 0.05) is 0 Å². The molecule has 0 spiro atoms. The number of hydrogen-bond donors (Lipinski definition) is 1. The Kier molecular flexibility index (Phi) is 4.92. The van der Waals surface area contributed by atoms with Crippen LogP contribution in [0.5, 0.6) is 0 Å². The van der Waals surface area contributed by atoms with Crippen molar-refractivity contribution in [1.29, 1.82) is 0 Å². The van der Waals surface area contributed by atoms with E-state index in [0.717, 1.165) is 12.8 Å². The van der Waals surface area contributed by atoms with Gasteiger partial charge in [-0.2, -0.15) is 0 Å². The molecular weight excluding hydrogens is 223 g/mol. The lowest BCUT2D eigenvalue weighted by molar-refractivity contribution is -0.165. The van der Waals surface area contributed by atoms with Crippen LogP contribution in [0.25, 0.3) is 0 Å². The molecule has 0 aromatic rings. The lowest BCUT2D eigenvalue weighted by Gasteiger charge is -2.37. The van der Waals surface area contributed by atoms with Gasteiger partial charge >= 0.3 is 5.97 Å². The Bertz CT molecular complexity index is 257. The van der Waals surface area contributed by atoms with E-state index in [-0.39, 0.29) is 19.4 Å². The van der Waals surface area contributed by atoms with Crippen molar-refractivity contribution in [2.45, 2.75) is 58.2 Å². The molecule has 0 saturated heterocycles. The van der Waals surface area contributed by atoms with Crippen molar-refractivity contribution in [3.8, 4) is 0 Å². The molecule has 3 nitrogen and oxygen atoms in total. The highest BCUT2D eigenvalue weighted by atomic mass is 19.1. The van der Waals surface area contributed by atoms with E-state index in [1.54, 1.807) is 6.92 Å². The van der Waals surface area contributed by atoms with E-state index in [4.69, 9.17) is 0 Å². The SMILES string of the molecule is CCOC(=O)C(O)C1(F)CCC(C(C)C)CC1. The zero-order valence-electron chi connectivity index (χ0n) is 10.9. The minimum atomic E-state index is -1.79. The van der Waals surface area contributed by atoms with Gasteiger partial charge in [0.15, 0.2) is 6.10 Å². The largest absolute Gasteiger partial charge is 0.464 e. The molecule has 1 atom stereocenters. The minimum absolute atomic E-state index is 0.167. The molecular formula is C13H23FO3. The van der Waals surface area contributed by atoms with Gasteiger partial charge in [-0.05, 0) is 44.4 Å². The van der Waals surface area contributed by atoms with Gasteiger partial charge < -0.3 is 9.84 Å². The van der Waals surface area contributed by atoms with Gasteiger partial charge in [-0.3, -0.25) is 0 Å². The monoisotopic (exact) mass is 246 g/mol. The summed E-state index contributed by atoms with van der Waals surface area (Å²) in [6.07, 6.45) is 0.316. The summed E-state index contributed by atoms with van der Waals surface area (Å²) in [6.45, 7) is 6.06. The van der Waals surface area contributed by atoms with Crippen molar-refractivity contribution in [1.82, 2.24) is 0 Å². The molecule has 1 aliphatic rings. The summed E-state index contributed by atoms with van der Waals surface area (Å²) in [4.78, 5) is 11.4. The molecule has 0 aromatic carbocycles. The van der Waals surface area contributed by atoms with Crippen molar-refractivity contribution in [3.05, 3.63) is 0 Å². The fraction of sp³-hybridized carbons (Fsp3) is 0.923. The molecule has 0 amide bonds. The number of esters is 1. The van der Waals surface area contributed by atoms with Crippen LogP contribution in [0.3, 0.4) is 0 Å². The quantitative estimate of drug-likeness (QED) is 0.775. The third-order valence-electron chi connectivity index (χ3n) is 3.80. The Hall–Kier alpha value is -0.640. The fourth-order valence-electron chi connectivity index (χ4n) is 2.49. The summed E-state index contributed by atoms with van der Waals surface area (Å²) >= 11 is 0. The molecule has 0 aromatic heterocycles. The Labute approximate surface area is 102 Å². The second-order valence-corrected chi connectivity index (χ2v) is 5.27. The van der Waals surface area contributed by atoms with Crippen LogP contribution in [-0.4, -0.2) is 29.5 Å². The van der Waals surface area contributed by atoms with Crippen LogP contribution in [-0.2, 0) is 9.53 Å². The summed E-state index contributed by atoms with van der Waals surface area (Å²) in [7, 11) is 0. The summed E-state index contributed by atoms with van der Waals surface area (Å²) in [5, 5.41) is 9.71. The average molecular weight is 246 g/mol. The normalized spacial score (nSPS) is 31.3. The molecule has 17 heavy (non-hydrogen) atoms. The number of halogens is 1. The Morgan fingerprint density at radius 3 is 2.41 bits per heavy atom. The van der Waals surface area contributed by atoms with Crippen LogP contribution in [0.2, 0.25) is 0 Å². The molecule has 1 rings (SSSR count). The first-order chi connectivity index (χ1) is 7.90. The summed E-state index contributed by atoms with van der Waals surface area (Å²) in [5.74, 6) is 0.186. The van der Waals surface area contributed by atoms with Crippen LogP contribution in [0.15, 0.2) is 0 Å². The van der Waals surface area contributed by atoms with E-state index in [2.05, 4.69) is 18.6 Å². The van der Waals surface area contributed by atoms with Crippen molar-refractivity contribution in [3.63, 3.8) is 0 Å². The lowest BCUT2D eigenvalue weighted by Crippen LogP contribution is -2.47. The maximum absolute atomic E-state index is 14.4. The number of aliphatic hydroxyl groups is 1. The van der Waals surface area contributed by atoms with Gasteiger partial charge in [-0.15, -0.1) is 0 Å². The van der Waals surface area contributed by atoms with E-state index < -0.39 is 17.7 Å². The van der Waals surface area contributed by atoms with Crippen molar-refractivity contribution in [2.24, 2.45) is 11.8 Å². The van der Waals surface area contributed by atoms with Crippen molar-refractivity contribution >= 4 is 5.97 Å². The number of hydrogen-bond acceptors (Lipinski definition) is 3. The molecule has 1 aliphatic carbocycles. The highest BCUT2D eigenvalue weighted by molar-refractivity contribution is 5.76. The molecule has 0 aliphatic heterocycles. The maximum Gasteiger partial charge on any atom is 0.338 e. The Balaban J connectivity index is 2.56. The molecule has 0 heterocycles. The first-order valence-electron chi connectivity index (χ1n) is 6.44. The number of rotatable bonds is 4. The highest BCUT2D eigenvalue weighted by Gasteiger charge is 2.46. The average Bonchev–Trinajstić information content (AvgIpc) is 2.29. The second-order valence-electron chi connectivity index (χ2n) is 5.27. The predicted octanol–water partition coefficient (Wildman–Crippen LogP) is 2.46. The van der Waals surface area contributed by atoms with Gasteiger partial charge in [0.2, 0.25) is 0 Å². The highest BCUT2D eigenvalue weighted by Crippen LogP contribution is 2.40. The fourth-order valence-corrected chi connectivity index (χ4v) is 2.49. The van der Waals surface area contributed by atoms with Gasteiger partial charge in [-0.25, -0.2) is 9.18 Å². The standard InChI is InChI=1S/C13H23FO3/c1-4-17-12(16)11(15)13(14)7-5-10(6-8-13)9(2)3/h9-11,15H,4-8H2,1-3H3. The Morgan fingerprint density at radius 2 is 2.00 bits per heavy atom.